The van der Waals surface area contributed by atoms with E-state index in [1.807, 2.05) is 6.20 Å². The Morgan fingerprint density at radius 2 is 2.16 bits per heavy atom. The van der Waals surface area contributed by atoms with Crippen molar-refractivity contribution in [3.63, 3.8) is 0 Å². The highest BCUT2D eigenvalue weighted by atomic mass is 32.1. The topological polar surface area (TPSA) is 40.7 Å². The molecule has 0 saturated carbocycles. The normalized spacial score (nSPS) is 19.3. The van der Waals surface area contributed by atoms with Gasteiger partial charge in [0, 0.05) is 27.3 Å². The number of rotatable bonds is 2. The molecule has 1 fully saturated rings. The van der Waals surface area contributed by atoms with Gasteiger partial charge in [0.25, 0.3) is 0 Å². The molecule has 0 radical (unpaired) electrons. The summed E-state index contributed by atoms with van der Waals surface area (Å²) in [5.41, 5.74) is 3.79. The summed E-state index contributed by atoms with van der Waals surface area (Å²) in [4.78, 5) is 0. The molecule has 1 atom stereocenters. The monoisotopic (exact) mass is 269 g/mol. The first-order chi connectivity index (χ1) is 9.43. The molecule has 2 N–H and O–H groups in total. The average molecular weight is 269 g/mol. The fourth-order valence-corrected chi connectivity index (χ4v) is 3.85. The number of thiophene rings is 1. The standard InChI is InChI=1S/C15H15N3S/c1-2-6-14-10(4-1)12(9-19-14)11-8-17-18-15(11)13-5-3-7-16-13/h1-2,4,6,8-9,13,16H,3,5,7H2,(H,17,18). The van der Waals surface area contributed by atoms with Gasteiger partial charge >= 0.3 is 0 Å². The Bertz CT molecular complexity index is 707. The third kappa shape index (κ3) is 1.79. The van der Waals surface area contributed by atoms with Gasteiger partial charge in [-0.25, -0.2) is 0 Å². The lowest BCUT2D eigenvalue weighted by Gasteiger charge is -2.10. The molecule has 1 aliphatic heterocycles. The van der Waals surface area contributed by atoms with E-state index in [9.17, 15) is 0 Å². The lowest BCUT2D eigenvalue weighted by molar-refractivity contribution is 0.626. The zero-order valence-corrected chi connectivity index (χ0v) is 11.3. The second kappa shape index (κ2) is 4.47. The van der Waals surface area contributed by atoms with Crippen LogP contribution in [-0.2, 0) is 0 Å². The average Bonchev–Trinajstić information content (AvgIpc) is 3.17. The summed E-state index contributed by atoms with van der Waals surface area (Å²) in [5.74, 6) is 0. The summed E-state index contributed by atoms with van der Waals surface area (Å²) in [6, 6.07) is 9.00. The fourth-order valence-electron chi connectivity index (χ4n) is 2.89. The number of nitrogens with one attached hydrogen (secondary N) is 2. The molecule has 3 aromatic rings. The van der Waals surface area contributed by atoms with Crippen molar-refractivity contribution in [1.82, 2.24) is 15.5 Å². The van der Waals surface area contributed by atoms with Gasteiger partial charge in [0.1, 0.15) is 0 Å². The predicted octanol–water partition coefficient (Wildman–Crippen LogP) is 3.72. The quantitative estimate of drug-likeness (QED) is 0.744. The van der Waals surface area contributed by atoms with Crippen LogP contribution in [0.25, 0.3) is 21.2 Å². The maximum atomic E-state index is 4.27. The Morgan fingerprint density at radius 3 is 3.05 bits per heavy atom. The minimum Gasteiger partial charge on any atom is -0.309 e. The Balaban J connectivity index is 1.86. The zero-order valence-electron chi connectivity index (χ0n) is 10.5. The van der Waals surface area contributed by atoms with Crippen LogP contribution in [0.5, 0.6) is 0 Å². The molecule has 3 heterocycles. The Hall–Kier alpha value is -1.65. The van der Waals surface area contributed by atoms with E-state index in [0.717, 1.165) is 6.54 Å². The van der Waals surface area contributed by atoms with Gasteiger partial charge in [-0.1, -0.05) is 18.2 Å². The summed E-state index contributed by atoms with van der Waals surface area (Å²) in [5, 5.41) is 14.6. The van der Waals surface area contributed by atoms with Crippen LogP contribution in [0.1, 0.15) is 24.6 Å². The highest BCUT2D eigenvalue weighted by Gasteiger charge is 2.22. The molecular formula is C15H15N3S. The number of hydrogen-bond donors (Lipinski definition) is 2. The minimum atomic E-state index is 0.427. The van der Waals surface area contributed by atoms with Crippen LogP contribution >= 0.6 is 11.3 Å². The summed E-state index contributed by atoms with van der Waals surface area (Å²) in [6.07, 6.45) is 4.40. The number of hydrogen-bond acceptors (Lipinski definition) is 3. The number of H-pyrrole nitrogens is 1. The molecule has 1 aliphatic rings. The van der Waals surface area contributed by atoms with Gasteiger partial charge in [-0.2, -0.15) is 5.10 Å². The number of aromatic amines is 1. The first-order valence-corrected chi connectivity index (χ1v) is 7.55. The number of aromatic nitrogens is 2. The molecule has 1 aromatic carbocycles. The maximum Gasteiger partial charge on any atom is 0.0600 e. The lowest BCUT2D eigenvalue weighted by atomic mass is 10.0. The Labute approximate surface area is 115 Å². The lowest BCUT2D eigenvalue weighted by Crippen LogP contribution is -2.13. The van der Waals surface area contributed by atoms with Gasteiger partial charge in [0.15, 0.2) is 0 Å². The summed E-state index contributed by atoms with van der Waals surface area (Å²) in [6.45, 7) is 1.10. The second-order valence-electron chi connectivity index (χ2n) is 4.99. The highest BCUT2D eigenvalue weighted by molar-refractivity contribution is 7.17. The molecule has 0 amide bonds. The molecule has 0 bridgehead atoms. The molecule has 3 nitrogen and oxygen atoms in total. The Morgan fingerprint density at radius 1 is 1.21 bits per heavy atom. The second-order valence-corrected chi connectivity index (χ2v) is 5.90. The van der Waals surface area contributed by atoms with Crippen molar-refractivity contribution in [2.45, 2.75) is 18.9 Å². The van der Waals surface area contributed by atoms with E-state index in [0.29, 0.717) is 6.04 Å². The third-order valence-corrected chi connectivity index (χ3v) is 4.81. The van der Waals surface area contributed by atoms with E-state index in [-0.39, 0.29) is 0 Å². The van der Waals surface area contributed by atoms with E-state index >= 15 is 0 Å². The van der Waals surface area contributed by atoms with Crippen LogP contribution in [0, 0.1) is 0 Å². The van der Waals surface area contributed by atoms with Crippen LogP contribution in [-0.4, -0.2) is 16.7 Å². The van der Waals surface area contributed by atoms with E-state index in [4.69, 9.17) is 0 Å². The molecule has 4 heteroatoms. The van der Waals surface area contributed by atoms with Crippen LogP contribution < -0.4 is 5.32 Å². The van der Waals surface area contributed by atoms with Gasteiger partial charge in [-0.3, -0.25) is 5.10 Å². The summed E-state index contributed by atoms with van der Waals surface area (Å²) >= 11 is 1.80. The molecule has 2 aromatic heterocycles. The van der Waals surface area contributed by atoms with E-state index in [2.05, 4.69) is 45.2 Å². The third-order valence-electron chi connectivity index (χ3n) is 3.85. The van der Waals surface area contributed by atoms with Gasteiger partial charge in [-0.05, 0) is 30.8 Å². The molecule has 96 valence electrons. The SMILES string of the molecule is c1ccc2c(-c3cn[nH]c3C3CCCN3)csc2c1. The van der Waals surface area contributed by atoms with Crippen molar-refractivity contribution in [2.24, 2.45) is 0 Å². The molecule has 4 rings (SSSR count). The van der Waals surface area contributed by atoms with Gasteiger partial charge in [-0.15, -0.1) is 11.3 Å². The molecule has 0 spiro atoms. The number of benzene rings is 1. The van der Waals surface area contributed by atoms with E-state index in [1.54, 1.807) is 11.3 Å². The van der Waals surface area contributed by atoms with Gasteiger partial charge < -0.3 is 5.32 Å². The van der Waals surface area contributed by atoms with Crippen molar-refractivity contribution < 1.29 is 0 Å². The first kappa shape index (κ1) is 11.2. The fraction of sp³-hybridized carbons (Fsp3) is 0.267. The van der Waals surface area contributed by atoms with Gasteiger partial charge in [0.05, 0.1) is 11.9 Å². The number of fused-ring (bicyclic) bond motifs is 1. The molecule has 0 aliphatic carbocycles. The van der Waals surface area contributed by atoms with Crippen LogP contribution in [0.2, 0.25) is 0 Å². The molecule has 19 heavy (non-hydrogen) atoms. The molecule has 1 unspecified atom stereocenters. The molecule has 1 saturated heterocycles. The van der Waals surface area contributed by atoms with Gasteiger partial charge in [0.2, 0.25) is 0 Å². The maximum absolute atomic E-state index is 4.27. The van der Waals surface area contributed by atoms with Crippen molar-refractivity contribution >= 4 is 21.4 Å². The number of nitrogens with zero attached hydrogens (tertiary/aromatic N) is 1. The Kier molecular flexibility index (Phi) is 2.64. The summed E-state index contributed by atoms with van der Waals surface area (Å²) in [7, 11) is 0. The van der Waals surface area contributed by atoms with E-state index < -0.39 is 0 Å². The van der Waals surface area contributed by atoms with Crippen molar-refractivity contribution in [1.29, 1.82) is 0 Å². The summed E-state index contributed by atoms with van der Waals surface area (Å²) < 4.78 is 1.34. The van der Waals surface area contributed by atoms with Crippen molar-refractivity contribution in [2.75, 3.05) is 6.54 Å². The predicted molar refractivity (Wildman–Crippen MR) is 79.4 cm³/mol. The van der Waals surface area contributed by atoms with Crippen LogP contribution in [0.15, 0.2) is 35.8 Å². The van der Waals surface area contributed by atoms with E-state index in [1.165, 1.54) is 39.7 Å². The largest absolute Gasteiger partial charge is 0.309 e. The van der Waals surface area contributed by atoms with Crippen molar-refractivity contribution in [3.05, 3.63) is 41.5 Å². The minimum absolute atomic E-state index is 0.427. The smallest absolute Gasteiger partial charge is 0.0600 e. The van der Waals surface area contributed by atoms with Crippen LogP contribution in [0.3, 0.4) is 0 Å². The van der Waals surface area contributed by atoms with Crippen molar-refractivity contribution in [3.8, 4) is 11.1 Å². The zero-order chi connectivity index (χ0) is 12.7. The highest BCUT2D eigenvalue weighted by Crippen LogP contribution is 2.37. The molecular weight excluding hydrogens is 254 g/mol. The van der Waals surface area contributed by atoms with Crippen LogP contribution in [0.4, 0.5) is 0 Å². The first-order valence-electron chi connectivity index (χ1n) is 6.67.